The van der Waals surface area contributed by atoms with E-state index in [1.54, 1.807) is 0 Å². The van der Waals surface area contributed by atoms with Gasteiger partial charge in [-0.25, -0.2) is 0 Å². The van der Waals surface area contributed by atoms with Crippen molar-refractivity contribution < 1.29 is 29.3 Å². The van der Waals surface area contributed by atoms with Crippen LogP contribution >= 0.6 is 0 Å². The molecule has 2 atom stereocenters. The first kappa shape index (κ1) is 46.8. The van der Waals surface area contributed by atoms with Crippen molar-refractivity contribution in [2.75, 3.05) is 13.2 Å². The first-order valence-corrected chi connectivity index (χ1v) is 20.1. The average molecular weight is 689 g/mol. The molecule has 0 saturated carbocycles. The second-order valence-corrected chi connectivity index (χ2v) is 14.1. The molecule has 0 aliphatic rings. The normalized spacial score (nSPS) is 13.4. The van der Waals surface area contributed by atoms with E-state index in [4.69, 9.17) is 9.47 Å². The third kappa shape index (κ3) is 38.5. The van der Waals surface area contributed by atoms with E-state index in [1.165, 1.54) is 77.0 Å². The molecule has 0 aliphatic heterocycles. The first-order valence-electron chi connectivity index (χ1n) is 20.1. The van der Waals surface area contributed by atoms with Crippen molar-refractivity contribution in [3.05, 3.63) is 48.6 Å². The lowest BCUT2D eigenvalue weighted by molar-refractivity contribution is -0.152. The number of unbranched alkanes of at least 4 members (excludes halogenated alkanes) is 15. The largest absolute Gasteiger partial charge is 0.463 e. The Hall–Kier alpha value is -2.18. The van der Waals surface area contributed by atoms with Gasteiger partial charge in [0.25, 0.3) is 0 Å². The summed E-state index contributed by atoms with van der Waals surface area (Å²) < 4.78 is 10.3. The van der Waals surface area contributed by atoms with Crippen molar-refractivity contribution in [2.24, 2.45) is 5.92 Å². The highest BCUT2D eigenvalue weighted by Gasteiger charge is 2.12. The lowest BCUT2D eigenvalue weighted by Crippen LogP contribution is -2.25. The maximum atomic E-state index is 12.0. The van der Waals surface area contributed by atoms with Crippen molar-refractivity contribution in [3.63, 3.8) is 0 Å². The van der Waals surface area contributed by atoms with Gasteiger partial charge in [0.05, 0.1) is 6.10 Å². The minimum atomic E-state index is -0.996. The van der Waals surface area contributed by atoms with Crippen LogP contribution in [0.2, 0.25) is 0 Å². The van der Waals surface area contributed by atoms with Crippen LogP contribution < -0.4 is 0 Å². The molecular weight excluding hydrogens is 612 g/mol. The Morgan fingerprint density at radius 3 is 1.45 bits per heavy atom. The molecule has 0 amide bonds. The number of allylic oxidation sites excluding steroid dienone is 7. The fraction of sp³-hybridized carbons (Fsp3) is 0.767. The minimum Gasteiger partial charge on any atom is -0.463 e. The van der Waals surface area contributed by atoms with E-state index >= 15 is 0 Å². The Labute approximate surface area is 301 Å². The minimum absolute atomic E-state index is 0.142. The highest BCUT2D eigenvalue weighted by atomic mass is 16.6. The van der Waals surface area contributed by atoms with Gasteiger partial charge in [-0.2, -0.15) is 0 Å². The summed E-state index contributed by atoms with van der Waals surface area (Å²) >= 11 is 0. The molecule has 0 heterocycles. The molecule has 284 valence electrons. The Balaban J connectivity index is 3.55. The van der Waals surface area contributed by atoms with E-state index in [0.29, 0.717) is 19.3 Å². The number of hydrogen-bond acceptors (Lipinski definition) is 6. The van der Waals surface area contributed by atoms with Crippen LogP contribution in [0, 0.1) is 5.92 Å². The Bertz CT molecular complexity index is 858. The molecule has 0 aromatic rings. The maximum absolute atomic E-state index is 12.0. The summed E-state index contributed by atoms with van der Waals surface area (Å²) in [6, 6.07) is 0. The number of ether oxygens (including phenoxy) is 2. The van der Waals surface area contributed by atoms with E-state index < -0.39 is 6.10 Å². The van der Waals surface area contributed by atoms with Gasteiger partial charge in [-0.05, 0) is 50.9 Å². The summed E-state index contributed by atoms with van der Waals surface area (Å²) in [6.45, 7) is 6.45. The van der Waals surface area contributed by atoms with Crippen molar-refractivity contribution in [2.45, 2.75) is 193 Å². The number of esters is 2. The van der Waals surface area contributed by atoms with E-state index in [2.05, 4.69) is 57.2 Å². The predicted molar refractivity (Wildman–Crippen MR) is 206 cm³/mol. The van der Waals surface area contributed by atoms with Gasteiger partial charge in [0.15, 0.2) is 0 Å². The smallest absolute Gasteiger partial charge is 0.305 e. The van der Waals surface area contributed by atoms with Crippen LogP contribution in [-0.4, -0.2) is 47.6 Å². The topological polar surface area (TPSA) is 93.1 Å². The molecule has 6 heteroatoms. The summed E-state index contributed by atoms with van der Waals surface area (Å²) in [4.78, 5) is 23.9. The Kier molecular flexibility index (Phi) is 35.4. The van der Waals surface area contributed by atoms with Gasteiger partial charge in [0.1, 0.15) is 19.3 Å². The van der Waals surface area contributed by atoms with Gasteiger partial charge in [0.2, 0.25) is 0 Å². The number of aliphatic hydroxyl groups is 2. The number of hydrogen-bond donors (Lipinski definition) is 2. The van der Waals surface area contributed by atoms with Crippen LogP contribution in [-0.2, 0) is 19.1 Å². The van der Waals surface area contributed by atoms with Gasteiger partial charge in [-0.1, -0.05) is 172 Å². The molecule has 0 rings (SSSR count). The van der Waals surface area contributed by atoms with Gasteiger partial charge in [-0.15, -0.1) is 0 Å². The first-order chi connectivity index (χ1) is 23.8. The zero-order valence-corrected chi connectivity index (χ0v) is 32.0. The fourth-order valence-corrected chi connectivity index (χ4v) is 5.46. The number of carbonyl (C=O) groups is 2. The quantitative estimate of drug-likeness (QED) is 0.0391. The van der Waals surface area contributed by atoms with Crippen LogP contribution in [0.1, 0.15) is 181 Å². The third-order valence-electron chi connectivity index (χ3n) is 8.57. The summed E-state index contributed by atoms with van der Waals surface area (Å²) in [5.74, 6) is 0.197. The van der Waals surface area contributed by atoms with Crippen molar-refractivity contribution in [1.82, 2.24) is 0 Å². The van der Waals surface area contributed by atoms with Gasteiger partial charge < -0.3 is 19.7 Å². The Morgan fingerprint density at radius 1 is 0.531 bits per heavy atom. The van der Waals surface area contributed by atoms with Crippen molar-refractivity contribution in [3.8, 4) is 0 Å². The molecule has 6 nitrogen and oxygen atoms in total. The lowest BCUT2D eigenvalue weighted by Gasteiger charge is -2.12. The molecular formula is C43H76O6. The van der Waals surface area contributed by atoms with Crippen LogP contribution in [0.5, 0.6) is 0 Å². The average Bonchev–Trinajstić information content (AvgIpc) is 3.08. The zero-order valence-electron chi connectivity index (χ0n) is 32.0. The number of rotatable bonds is 35. The van der Waals surface area contributed by atoms with Gasteiger partial charge in [-0.3, -0.25) is 9.59 Å². The standard InChI is InChI=1S/C43H76O6/c1-4-5-33-40(44)34-29-25-21-17-13-10-11-15-19-23-27-31-36-43(47)49-38-41(45)37-48-42(46)35-30-26-22-18-14-9-7-6-8-12-16-20-24-28-32-39(2)3/h10-11,17,19,21,23,29,34,39-41,44-45H,4-9,12-16,18,20,22,24-28,30-33,35-38H2,1-3H3/b11-10-,21-17-,23-19-,34-29-/t40-,41+/m0/s1. The second kappa shape index (κ2) is 37.1. The van der Waals surface area contributed by atoms with Crippen LogP contribution in [0.25, 0.3) is 0 Å². The van der Waals surface area contributed by atoms with E-state index in [9.17, 15) is 19.8 Å². The molecule has 0 radical (unpaired) electrons. The molecule has 0 unspecified atom stereocenters. The van der Waals surface area contributed by atoms with Gasteiger partial charge >= 0.3 is 11.9 Å². The molecule has 0 saturated heterocycles. The van der Waals surface area contributed by atoms with Gasteiger partial charge in [0, 0.05) is 12.8 Å². The number of carbonyl (C=O) groups excluding carboxylic acids is 2. The van der Waals surface area contributed by atoms with Crippen molar-refractivity contribution >= 4 is 11.9 Å². The van der Waals surface area contributed by atoms with Crippen molar-refractivity contribution in [1.29, 1.82) is 0 Å². The molecule has 2 N–H and O–H groups in total. The van der Waals surface area contributed by atoms with E-state index in [1.807, 2.05) is 12.2 Å². The molecule has 0 fully saturated rings. The third-order valence-corrected chi connectivity index (χ3v) is 8.57. The summed E-state index contributed by atoms with van der Waals surface area (Å²) in [6.07, 6.45) is 42.2. The molecule has 0 aliphatic carbocycles. The zero-order chi connectivity index (χ0) is 36.0. The molecule has 0 spiro atoms. The monoisotopic (exact) mass is 689 g/mol. The lowest BCUT2D eigenvalue weighted by atomic mass is 10.0. The highest BCUT2D eigenvalue weighted by Crippen LogP contribution is 2.15. The van der Waals surface area contributed by atoms with E-state index in [0.717, 1.165) is 70.1 Å². The second-order valence-electron chi connectivity index (χ2n) is 14.1. The predicted octanol–water partition coefficient (Wildman–Crippen LogP) is 11.4. The molecule has 0 bridgehead atoms. The van der Waals surface area contributed by atoms with Crippen LogP contribution in [0.15, 0.2) is 48.6 Å². The maximum Gasteiger partial charge on any atom is 0.305 e. The molecule has 0 aromatic heterocycles. The van der Waals surface area contributed by atoms with Crippen LogP contribution in [0.4, 0.5) is 0 Å². The molecule has 49 heavy (non-hydrogen) atoms. The SMILES string of the molecule is CCCC[C@H](O)/C=C\C/C=C\C/C=C\C/C=C\CCCC(=O)OC[C@H](O)COC(=O)CCCCCCCCCCCCCCCCC(C)C. The molecule has 0 aromatic carbocycles. The highest BCUT2D eigenvalue weighted by molar-refractivity contribution is 5.69. The van der Waals surface area contributed by atoms with Crippen LogP contribution in [0.3, 0.4) is 0 Å². The summed E-state index contributed by atoms with van der Waals surface area (Å²) in [5.41, 5.74) is 0. The Morgan fingerprint density at radius 2 is 0.959 bits per heavy atom. The number of aliphatic hydroxyl groups excluding tert-OH is 2. The summed E-state index contributed by atoms with van der Waals surface area (Å²) in [5, 5.41) is 19.8. The summed E-state index contributed by atoms with van der Waals surface area (Å²) in [7, 11) is 0. The fourth-order valence-electron chi connectivity index (χ4n) is 5.46. The van der Waals surface area contributed by atoms with E-state index in [-0.39, 0.29) is 31.3 Å².